The number of nitrogen functional groups attached to an aromatic ring is 1. The Labute approximate surface area is 89.0 Å². The molecule has 2 nitrogen and oxygen atoms in total. The number of hydrogen-bond acceptors (Lipinski definition) is 2. The molecular weight excluding hydrogens is 186 g/mol. The maximum absolute atomic E-state index is 9.51. The van der Waals surface area contributed by atoms with Crippen LogP contribution in [-0.4, -0.2) is 5.11 Å². The minimum atomic E-state index is 0.133. The molecule has 0 aliphatic rings. The van der Waals surface area contributed by atoms with Crippen LogP contribution in [0.1, 0.15) is 5.56 Å². The number of rotatable bonds is 1. The molecule has 0 aliphatic carbocycles. The van der Waals surface area contributed by atoms with Gasteiger partial charge in [0.1, 0.15) is 5.75 Å². The Morgan fingerprint density at radius 2 is 1.73 bits per heavy atom. The largest absolute Gasteiger partial charge is 0.506 e. The second-order valence-corrected chi connectivity index (χ2v) is 3.64. The van der Waals surface area contributed by atoms with Crippen LogP contribution in [0.25, 0.3) is 11.1 Å². The highest BCUT2D eigenvalue weighted by Crippen LogP contribution is 2.28. The second kappa shape index (κ2) is 3.65. The Bertz CT molecular complexity index is 492. The maximum atomic E-state index is 9.51. The predicted octanol–water partition coefficient (Wildman–Crippen LogP) is 2.95. The topological polar surface area (TPSA) is 46.2 Å². The van der Waals surface area contributed by atoms with Crippen molar-refractivity contribution in [3.63, 3.8) is 0 Å². The summed E-state index contributed by atoms with van der Waals surface area (Å²) in [5.41, 5.74) is 9.22. The van der Waals surface area contributed by atoms with Crippen LogP contribution >= 0.6 is 0 Å². The Balaban J connectivity index is 2.50. The van der Waals surface area contributed by atoms with Crippen LogP contribution in [-0.2, 0) is 0 Å². The smallest absolute Gasteiger partial charge is 0.139 e. The normalized spacial score (nSPS) is 10.2. The number of anilines is 1. The molecule has 0 aliphatic heterocycles. The van der Waals surface area contributed by atoms with Gasteiger partial charge in [0.05, 0.1) is 5.69 Å². The quantitative estimate of drug-likeness (QED) is 0.548. The first-order valence-corrected chi connectivity index (χ1v) is 4.82. The molecule has 0 spiro atoms. The highest BCUT2D eigenvalue weighted by molar-refractivity contribution is 5.69. The van der Waals surface area contributed by atoms with Gasteiger partial charge in [-0.2, -0.15) is 0 Å². The molecule has 2 rings (SSSR count). The number of phenolic OH excluding ortho intramolecular Hbond substituents is 1. The van der Waals surface area contributed by atoms with E-state index >= 15 is 0 Å². The van der Waals surface area contributed by atoms with Crippen LogP contribution in [0.2, 0.25) is 0 Å². The molecule has 0 radical (unpaired) electrons. The van der Waals surface area contributed by atoms with Gasteiger partial charge in [0.15, 0.2) is 0 Å². The van der Waals surface area contributed by atoms with Crippen molar-refractivity contribution in [2.24, 2.45) is 0 Å². The standard InChI is InChI=1S/C13H13NO/c1-9-3-2-4-10(7-9)11-5-6-12(14)13(15)8-11/h2-8,15H,14H2,1H3. The monoisotopic (exact) mass is 199 g/mol. The Morgan fingerprint density at radius 1 is 1.00 bits per heavy atom. The predicted molar refractivity (Wildman–Crippen MR) is 62.7 cm³/mol. The lowest BCUT2D eigenvalue weighted by Gasteiger charge is -2.05. The Hall–Kier alpha value is -1.96. The van der Waals surface area contributed by atoms with Crippen molar-refractivity contribution >= 4 is 5.69 Å². The molecule has 0 atom stereocenters. The molecule has 76 valence electrons. The number of nitrogens with two attached hydrogens (primary N) is 1. The van der Waals surface area contributed by atoms with E-state index in [1.54, 1.807) is 12.1 Å². The number of aromatic hydroxyl groups is 1. The summed E-state index contributed by atoms with van der Waals surface area (Å²) in [6.45, 7) is 2.04. The zero-order chi connectivity index (χ0) is 10.8. The zero-order valence-electron chi connectivity index (χ0n) is 8.57. The zero-order valence-corrected chi connectivity index (χ0v) is 8.57. The molecule has 0 saturated carbocycles. The summed E-state index contributed by atoms with van der Waals surface area (Å²) in [5, 5.41) is 9.51. The van der Waals surface area contributed by atoms with Crippen molar-refractivity contribution in [3.8, 4) is 16.9 Å². The fourth-order valence-electron chi connectivity index (χ4n) is 1.55. The molecule has 0 bridgehead atoms. The van der Waals surface area contributed by atoms with E-state index in [-0.39, 0.29) is 5.75 Å². The number of hydrogen-bond donors (Lipinski definition) is 2. The first-order valence-electron chi connectivity index (χ1n) is 4.82. The van der Waals surface area contributed by atoms with Gasteiger partial charge in [-0.3, -0.25) is 0 Å². The average molecular weight is 199 g/mol. The van der Waals surface area contributed by atoms with Crippen molar-refractivity contribution in [1.82, 2.24) is 0 Å². The third-order valence-electron chi connectivity index (χ3n) is 2.38. The molecule has 0 unspecified atom stereocenters. The number of aryl methyl sites for hydroxylation is 1. The van der Waals surface area contributed by atoms with Crippen molar-refractivity contribution in [2.45, 2.75) is 6.92 Å². The lowest BCUT2D eigenvalue weighted by Crippen LogP contribution is -1.86. The van der Waals surface area contributed by atoms with Gasteiger partial charge in [0.25, 0.3) is 0 Å². The third-order valence-corrected chi connectivity index (χ3v) is 2.38. The molecule has 2 heteroatoms. The first kappa shape index (κ1) is 9.59. The van der Waals surface area contributed by atoms with E-state index in [1.165, 1.54) is 5.56 Å². The van der Waals surface area contributed by atoms with Crippen LogP contribution in [0.3, 0.4) is 0 Å². The van der Waals surface area contributed by atoms with Crippen molar-refractivity contribution in [2.75, 3.05) is 5.73 Å². The average Bonchev–Trinajstić information content (AvgIpc) is 2.22. The molecule has 3 N–H and O–H groups in total. The molecule has 0 aromatic heterocycles. The summed E-state index contributed by atoms with van der Waals surface area (Å²) in [6.07, 6.45) is 0. The van der Waals surface area contributed by atoms with E-state index in [0.717, 1.165) is 11.1 Å². The van der Waals surface area contributed by atoms with Crippen LogP contribution in [0.4, 0.5) is 5.69 Å². The molecule has 2 aromatic rings. The van der Waals surface area contributed by atoms with E-state index < -0.39 is 0 Å². The van der Waals surface area contributed by atoms with E-state index in [2.05, 4.69) is 6.07 Å². The van der Waals surface area contributed by atoms with Gasteiger partial charge < -0.3 is 10.8 Å². The molecule has 0 heterocycles. The minimum Gasteiger partial charge on any atom is -0.506 e. The van der Waals surface area contributed by atoms with Crippen LogP contribution in [0.5, 0.6) is 5.75 Å². The maximum Gasteiger partial charge on any atom is 0.139 e. The number of benzene rings is 2. The summed E-state index contributed by atoms with van der Waals surface area (Å²) < 4.78 is 0. The molecule has 15 heavy (non-hydrogen) atoms. The summed E-state index contributed by atoms with van der Waals surface area (Å²) in [6, 6.07) is 13.4. The first-order chi connectivity index (χ1) is 7.16. The van der Waals surface area contributed by atoms with Crippen molar-refractivity contribution in [3.05, 3.63) is 48.0 Å². The summed E-state index contributed by atoms with van der Waals surface area (Å²) in [7, 11) is 0. The second-order valence-electron chi connectivity index (χ2n) is 3.64. The Kier molecular flexibility index (Phi) is 2.34. The highest BCUT2D eigenvalue weighted by atomic mass is 16.3. The molecule has 0 fully saturated rings. The van der Waals surface area contributed by atoms with Gasteiger partial charge in [-0.1, -0.05) is 35.9 Å². The molecule has 2 aromatic carbocycles. The van der Waals surface area contributed by atoms with Gasteiger partial charge in [0.2, 0.25) is 0 Å². The van der Waals surface area contributed by atoms with E-state index in [9.17, 15) is 5.11 Å². The van der Waals surface area contributed by atoms with Crippen LogP contribution in [0.15, 0.2) is 42.5 Å². The minimum absolute atomic E-state index is 0.133. The SMILES string of the molecule is Cc1cccc(-c2ccc(N)c(O)c2)c1. The van der Waals surface area contributed by atoms with Gasteiger partial charge >= 0.3 is 0 Å². The summed E-state index contributed by atoms with van der Waals surface area (Å²) in [5.74, 6) is 0.133. The molecule has 0 amide bonds. The molecule has 0 saturated heterocycles. The fraction of sp³-hybridized carbons (Fsp3) is 0.0769. The fourth-order valence-corrected chi connectivity index (χ4v) is 1.55. The van der Waals surface area contributed by atoms with Gasteiger partial charge in [-0.25, -0.2) is 0 Å². The van der Waals surface area contributed by atoms with Crippen molar-refractivity contribution in [1.29, 1.82) is 0 Å². The lowest BCUT2D eigenvalue weighted by molar-refractivity contribution is 0.478. The number of phenols is 1. The Morgan fingerprint density at radius 3 is 2.40 bits per heavy atom. The lowest BCUT2D eigenvalue weighted by atomic mass is 10.0. The van der Waals surface area contributed by atoms with Gasteiger partial charge in [-0.15, -0.1) is 0 Å². The molecular formula is C13H13NO. The van der Waals surface area contributed by atoms with Gasteiger partial charge in [-0.05, 0) is 30.2 Å². The van der Waals surface area contributed by atoms with Crippen LogP contribution < -0.4 is 5.73 Å². The van der Waals surface area contributed by atoms with E-state index in [4.69, 9.17) is 5.73 Å². The summed E-state index contributed by atoms with van der Waals surface area (Å²) >= 11 is 0. The van der Waals surface area contributed by atoms with E-state index in [0.29, 0.717) is 5.69 Å². The third kappa shape index (κ3) is 1.94. The van der Waals surface area contributed by atoms with Gasteiger partial charge in [0, 0.05) is 0 Å². The summed E-state index contributed by atoms with van der Waals surface area (Å²) in [4.78, 5) is 0. The van der Waals surface area contributed by atoms with Crippen LogP contribution in [0, 0.1) is 6.92 Å². The van der Waals surface area contributed by atoms with E-state index in [1.807, 2.05) is 31.2 Å². The highest BCUT2D eigenvalue weighted by Gasteiger charge is 2.01. The van der Waals surface area contributed by atoms with Crippen molar-refractivity contribution < 1.29 is 5.11 Å².